The molecule has 0 spiro atoms. The Morgan fingerprint density at radius 3 is 2.39 bits per heavy atom. The molecule has 0 fully saturated rings. The summed E-state index contributed by atoms with van der Waals surface area (Å²) >= 11 is 0. The fourth-order valence-electron chi connectivity index (χ4n) is 5.48. The number of hydrogen-bond donors (Lipinski definition) is 3. The molecule has 2 amide bonds. The van der Waals surface area contributed by atoms with Gasteiger partial charge in [-0.15, -0.1) is 0 Å². The molecule has 0 radical (unpaired) electrons. The van der Waals surface area contributed by atoms with Crippen LogP contribution in [0.3, 0.4) is 0 Å². The van der Waals surface area contributed by atoms with Gasteiger partial charge in [0, 0.05) is 22.9 Å². The zero-order valence-electron chi connectivity index (χ0n) is 26.1. The van der Waals surface area contributed by atoms with Crippen LogP contribution >= 0.6 is 0 Å². The number of nitrogens with two attached hydrogens (primary N) is 1. The first-order valence-electron chi connectivity index (χ1n) is 14.9. The lowest BCUT2D eigenvalue weighted by Gasteiger charge is -2.31. The van der Waals surface area contributed by atoms with E-state index >= 15 is 0 Å². The Hall–Kier alpha value is -5.76. The summed E-state index contributed by atoms with van der Waals surface area (Å²) in [6, 6.07) is 21.0. The van der Waals surface area contributed by atoms with Gasteiger partial charge in [-0.3, -0.25) is 9.59 Å². The number of carbonyl (C=O) groups is 2. The standard InChI is InChI=1S/C35H29F4N5O5/c1-33(32(40)46)19-49-30-26(33)16-27(42-29(30)20-11-13-22(36)14-12-20)34(47,35(37,38)39)18-41-31(45)25-17-44(23-8-4-3-5-9-23)43-28(25)21-7-6-10-24(15-21)48-2/h3-17,47H,18-19H2,1-2H3,(H2,40,46)(H,41,45)/t33-,34?/m0/s1. The van der Waals surface area contributed by atoms with Crippen molar-refractivity contribution in [2.45, 2.75) is 24.1 Å². The number of aromatic nitrogens is 3. The first-order chi connectivity index (χ1) is 23.2. The zero-order chi connectivity index (χ0) is 35.1. The molecule has 252 valence electrons. The number of halogens is 4. The number of primary amides is 1. The molecule has 14 heteroatoms. The monoisotopic (exact) mass is 675 g/mol. The number of ether oxygens (including phenoxy) is 2. The molecule has 1 aliphatic heterocycles. The van der Waals surface area contributed by atoms with Gasteiger partial charge in [-0.2, -0.15) is 18.3 Å². The van der Waals surface area contributed by atoms with Crippen LogP contribution in [0.1, 0.15) is 28.5 Å². The third-order valence-corrected chi connectivity index (χ3v) is 8.45. The number of rotatable bonds is 9. The second-order valence-electron chi connectivity index (χ2n) is 11.7. The molecule has 0 aliphatic carbocycles. The van der Waals surface area contributed by atoms with Crippen LogP contribution in [-0.4, -0.2) is 58.1 Å². The van der Waals surface area contributed by atoms with Gasteiger partial charge < -0.3 is 25.6 Å². The maximum atomic E-state index is 14.9. The van der Waals surface area contributed by atoms with Crippen molar-refractivity contribution in [3.8, 4) is 39.7 Å². The normalized spacial score (nSPS) is 16.7. The van der Waals surface area contributed by atoms with Crippen LogP contribution in [-0.2, 0) is 15.8 Å². The summed E-state index contributed by atoms with van der Waals surface area (Å²) in [6.45, 7) is -0.304. The second-order valence-corrected chi connectivity index (χ2v) is 11.7. The minimum atomic E-state index is -5.39. The molecule has 2 aromatic heterocycles. The Morgan fingerprint density at radius 1 is 1.02 bits per heavy atom. The molecule has 5 aromatic rings. The molecule has 4 N–H and O–H groups in total. The van der Waals surface area contributed by atoms with Crippen molar-refractivity contribution < 1.29 is 41.7 Å². The summed E-state index contributed by atoms with van der Waals surface area (Å²) in [7, 11) is 1.46. The number of carbonyl (C=O) groups excluding carboxylic acids is 2. The fraction of sp³-hybridized carbons (Fsp3) is 0.200. The van der Waals surface area contributed by atoms with Crippen molar-refractivity contribution >= 4 is 11.8 Å². The lowest BCUT2D eigenvalue weighted by Crippen LogP contribution is -2.51. The molecule has 1 aliphatic rings. The molecule has 3 heterocycles. The van der Waals surface area contributed by atoms with Gasteiger partial charge in [0.15, 0.2) is 0 Å². The predicted molar refractivity (Wildman–Crippen MR) is 170 cm³/mol. The van der Waals surface area contributed by atoms with Gasteiger partial charge in [0.1, 0.15) is 40.7 Å². The van der Waals surface area contributed by atoms with Crippen molar-refractivity contribution in [1.82, 2.24) is 20.1 Å². The molecular weight excluding hydrogens is 646 g/mol. The molecule has 6 rings (SSSR count). The Kier molecular flexibility index (Phi) is 8.36. The van der Waals surface area contributed by atoms with E-state index in [9.17, 15) is 32.3 Å². The molecule has 0 saturated carbocycles. The lowest BCUT2D eigenvalue weighted by molar-refractivity contribution is -0.265. The van der Waals surface area contributed by atoms with E-state index in [1.807, 2.05) is 0 Å². The SMILES string of the molecule is COc1cccc(-c2nn(-c3ccccc3)cc2C(=O)NCC(O)(c2cc3c(c(-c4ccc(F)cc4)n2)OC[C@]3(C)C(N)=O)C(F)(F)F)c1. The number of nitrogens with zero attached hydrogens (tertiary/aromatic N) is 3. The minimum absolute atomic E-state index is 0.0403. The summed E-state index contributed by atoms with van der Waals surface area (Å²) in [5.41, 5.74) is 0.315. The van der Waals surface area contributed by atoms with Crippen LogP contribution in [0.2, 0.25) is 0 Å². The van der Waals surface area contributed by atoms with Gasteiger partial charge in [-0.1, -0.05) is 30.3 Å². The Morgan fingerprint density at radius 2 is 1.73 bits per heavy atom. The largest absolute Gasteiger partial charge is 0.497 e. The number of methoxy groups -OCH3 is 1. The highest BCUT2D eigenvalue weighted by Crippen LogP contribution is 2.47. The second kappa shape index (κ2) is 12.4. The van der Waals surface area contributed by atoms with E-state index in [0.717, 1.165) is 18.2 Å². The summed E-state index contributed by atoms with van der Waals surface area (Å²) in [5.74, 6) is -2.07. The topological polar surface area (TPSA) is 142 Å². The van der Waals surface area contributed by atoms with Crippen LogP contribution in [0.5, 0.6) is 11.5 Å². The molecule has 3 aromatic carbocycles. The van der Waals surface area contributed by atoms with Crippen molar-refractivity contribution in [1.29, 1.82) is 0 Å². The maximum Gasteiger partial charge on any atom is 0.424 e. The average molecular weight is 676 g/mol. The minimum Gasteiger partial charge on any atom is -0.497 e. The smallest absolute Gasteiger partial charge is 0.424 e. The highest BCUT2D eigenvalue weighted by molar-refractivity contribution is 6.00. The third-order valence-electron chi connectivity index (χ3n) is 8.45. The number of hydrogen-bond acceptors (Lipinski definition) is 7. The van der Waals surface area contributed by atoms with E-state index in [1.54, 1.807) is 54.6 Å². The van der Waals surface area contributed by atoms with Gasteiger partial charge in [0.05, 0.1) is 30.6 Å². The van der Waals surface area contributed by atoms with Gasteiger partial charge in [-0.25, -0.2) is 14.1 Å². The molecule has 49 heavy (non-hydrogen) atoms. The maximum absolute atomic E-state index is 14.9. The third kappa shape index (κ3) is 5.95. The van der Waals surface area contributed by atoms with Crippen molar-refractivity contribution in [3.05, 3.63) is 114 Å². The van der Waals surface area contributed by atoms with Crippen molar-refractivity contribution in [2.75, 3.05) is 20.3 Å². The van der Waals surface area contributed by atoms with Gasteiger partial charge in [0.25, 0.3) is 5.91 Å². The first-order valence-corrected chi connectivity index (χ1v) is 14.9. The first kappa shape index (κ1) is 33.2. The van der Waals surface area contributed by atoms with Gasteiger partial charge in [0.2, 0.25) is 11.5 Å². The van der Waals surface area contributed by atoms with Gasteiger partial charge in [-0.05, 0) is 61.5 Å². The van der Waals surface area contributed by atoms with Crippen LogP contribution in [0.4, 0.5) is 17.6 Å². The lowest BCUT2D eigenvalue weighted by atomic mass is 9.81. The number of alkyl halides is 3. The molecule has 10 nitrogen and oxygen atoms in total. The van der Waals surface area contributed by atoms with E-state index in [-0.39, 0.29) is 40.4 Å². The highest BCUT2D eigenvalue weighted by Gasteiger charge is 2.57. The summed E-state index contributed by atoms with van der Waals surface area (Å²) in [5, 5.41) is 18.2. The van der Waals surface area contributed by atoms with E-state index in [4.69, 9.17) is 15.2 Å². The summed E-state index contributed by atoms with van der Waals surface area (Å²) in [6.07, 6.45) is -4.03. The molecular formula is C35H29F4N5O5. The Balaban J connectivity index is 1.43. The van der Waals surface area contributed by atoms with Crippen LogP contribution in [0.25, 0.3) is 28.2 Å². The van der Waals surface area contributed by atoms with E-state index in [2.05, 4.69) is 15.4 Å². The summed E-state index contributed by atoms with van der Waals surface area (Å²) < 4.78 is 71.0. The number of amides is 2. The number of aliphatic hydroxyl groups is 1. The number of benzene rings is 3. The zero-order valence-corrected chi connectivity index (χ0v) is 26.1. The Labute approximate surface area is 277 Å². The number of nitrogens with one attached hydrogen (secondary N) is 1. The van der Waals surface area contributed by atoms with Crippen LogP contribution < -0.4 is 20.5 Å². The highest BCUT2D eigenvalue weighted by atomic mass is 19.4. The van der Waals surface area contributed by atoms with E-state index < -0.39 is 47.1 Å². The predicted octanol–water partition coefficient (Wildman–Crippen LogP) is 5.06. The van der Waals surface area contributed by atoms with Gasteiger partial charge >= 0.3 is 6.18 Å². The summed E-state index contributed by atoms with van der Waals surface area (Å²) in [4.78, 5) is 30.4. The average Bonchev–Trinajstić information content (AvgIpc) is 3.70. The quantitative estimate of drug-likeness (QED) is 0.186. The molecule has 2 atom stereocenters. The van der Waals surface area contributed by atoms with E-state index in [0.29, 0.717) is 17.0 Å². The molecule has 0 saturated heterocycles. The van der Waals surface area contributed by atoms with E-state index in [1.165, 1.54) is 37.0 Å². The molecule has 1 unspecified atom stereocenters. The fourth-order valence-corrected chi connectivity index (χ4v) is 5.48. The number of fused-ring (bicyclic) bond motifs is 1. The van der Waals surface area contributed by atoms with Crippen LogP contribution in [0, 0.1) is 5.82 Å². The van der Waals surface area contributed by atoms with Crippen molar-refractivity contribution in [2.24, 2.45) is 5.73 Å². The number of para-hydroxylation sites is 1. The molecule has 0 bridgehead atoms. The van der Waals surface area contributed by atoms with Crippen molar-refractivity contribution in [3.63, 3.8) is 0 Å². The Bertz CT molecular complexity index is 2050. The number of pyridine rings is 1. The van der Waals surface area contributed by atoms with Crippen LogP contribution in [0.15, 0.2) is 91.1 Å².